The third-order valence-corrected chi connectivity index (χ3v) is 6.81. The van der Waals surface area contributed by atoms with Gasteiger partial charge < -0.3 is 10.2 Å². The van der Waals surface area contributed by atoms with Crippen molar-refractivity contribution in [2.75, 3.05) is 7.05 Å². The molecule has 2 N–H and O–H groups in total. The minimum Gasteiger partial charge on any atom is -0.350 e. The van der Waals surface area contributed by atoms with E-state index < -0.39 is 16.1 Å². The molecule has 0 spiro atoms. The summed E-state index contributed by atoms with van der Waals surface area (Å²) in [5.74, 6) is -0.0782. The molecule has 0 bridgehead atoms. The lowest BCUT2D eigenvalue weighted by molar-refractivity contribution is -0.142. The van der Waals surface area contributed by atoms with Crippen LogP contribution in [0.25, 0.3) is 0 Å². The zero-order valence-corrected chi connectivity index (χ0v) is 18.9. The van der Waals surface area contributed by atoms with E-state index in [1.54, 1.807) is 17.0 Å². The van der Waals surface area contributed by atoms with Crippen molar-refractivity contribution in [1.29, 1.82) is 0 Å². The molecular formula is C23H29N3O4S. The minimum atomic E-state index is -3.56. The number of carbonyl (C=O) groups excluding carboxylic acids is 2. The van der Waals surface area contributed by atoms with Crippen LogP contribution in [-0.4, -0.2) is 38.2 Å². The normalized spacial score (nSPS) is 16.1. The van der Waals surface area contributed by atoms with Crippen LogP contribution >= 0.6 is 0 Å². The summed E-state index contributed by atoms with van der Waals surface area (Å²) in [5.41, 5.74) is 2.80. The zero-order valence-electron chi connectivity index (χ0n) is 18.1. The van der Waals surface area contributed by atoms with Crippen molar-refractivity contribution in [3.05, 3.63) is 65.2 Å². The largest absolute Gasteiger partial charge is 0.350 e. The number of nitrogens with one attached hydrogen (secondary N) is 2. The Kier molecular flexibility index (Phi) is 7.12. The highest BCUT2D eigenvalue weighted by Crippen LogP contribution is 2.25. The monoisotopic (exact) mass is 443 g/mol. The van der Waals surface area contributed by atoms with Gasteiger partial charge in [0.2, 0.25) is 21.8 Å². The van der Waals surface area contributed by atoms with E-state index in [0.29, 0.717) is 24.9 Å². The number of hydrogen-bond acceptors (Lipinski definition) is 4. The number of amides is 2. The molecule has 2 aromatic carbocycles. The molecular weight excluding hydrogens is 414 g/mol. The van der Waals surface area contributed by atoms with Crippen molar-refractivity contribution in [1.82, 2.24) is 14.9 Å². The van der Waals surface area contributed by atoms with Gasteiger partial charge in [0.1, 0.15) is 6.04 Å². The van der Waals surface area contributed by atoms with Gasteiger partial charge in [0.05, 0.1) is 4.90 Å². The average Bonchev–Trinajstić information content (AvgIpc) is 2.76. The molecule has 0 fully saturated rings. The zero-order chi connectivity index (χ0) is 22.6. The minimum absolute atomic E-state index is 0.0354. The number of nitrogens with zero attached hydrogens (tertiary/aromatic N) is 1. The quantitative estimate of drug-likeness (QED) is 0.686. The molecule has 1 aliphatic heterocycles. The summed E-state index contributed by atoms with van der Waals surface area (Å²) in [6.45, 7) is 4.56. The number of sulfonamides is 1. The number of benzene rings is 2. The molecule has 1 aliphatic rings. The summed E-state index contributed by atoms with van der Waals surface area (Å²) in [5, 5.41) is 2.89. The highest BCUT2D eigenvalue weighted by atomic mass is 32.2. The van der Waals surface area contributed by atoms with Gasteiger partial charge in [0.25, 0.3) is 0 Å². The molecule has 3 rings (SSSR count). The first-order valence-corrected chi connectivity index (χ1v) is 11.9. The lowest BCUT2D eigenvalue weighted by Gasteiger charge is -2.36. The molecule has 1 atom stereocenters. The van der Waals surface area contributed by atoms with E-state index in [0.717, 1.165) is 11.1 Å². The third-order valence-electron chi connectivity index (χ3n) is 5.40. The molecule has 7 nitrogen and oxygen atoms in total. The van der Waals surface area contributed by atoms with Crippen LogP contribution in [-0.2, 0) is 39.1 Å². The Morgan fingerprint density at radius 1 is 1.10 bits per heavy atom. The third kappa shape index (κ3) is 5.51. The second-order valence-electron chi connectivity index (χ2n) is 8.18. The van der Waals surface area contributed by atoms with E-state index in [1.807, 2.05) is 38.1 Å². The Labute approximate surface area is 183 Å². The second-order valence-corrected chi connectivity index (χ2v) is 10.1. The van der Waals surface area contributed by atoms with Crippen molar-refractivity contribution in [3.63, 3.8) is 0 Å². The molecule has 2 aromatic rings. The van der Waals surface area contributed by atoms with E-state index >= 15 is 0 Å². The Hall–Kier alpha value is -2.71. The van der Waals surface area contributed by atoms with Crippen LogP contribution in [0.3, 0.4) is 0 Å². The van der Waals surface area contributed by atoms with E-state index in [2.05, 4.69) is 10.0 Å². The van der Waals surface area contributed by atoms with Crippen LogP contribution in [0.2, 0.25) is 0 Å². The van der Waals surface area contributed by atoms with Crippen molar-refractivity contribution < 1.29 is 18.0 Å². The van der Waals surface area contributed by atoms with Gasteiger partial charge in [-0.15, -0.1) is 0 Å². The van der Waals surface area contributed by atoms with Crippen LogP contribution in [0, 0.1) is 5.92 Å². The Balaban J connectivity index is 1.77. The predicted molar refractivity (Wildman–Crippen MR) is 118 cm³/mol. The number of hydrogen-bond donors (Lipinski definition) is 2. The van der Waals surface area contributed by atoms with E-state index in [-0.39, 0.29) is 29.2 Å². The molecule has 31 heavy (non-hydrogen) atoms. The average molecular weight is 444 g/mol. The lowest BCUT2D eigenvalue weighted by atomic mass is 9.92. The predicted octanol–water partition coefficient (Wildman–Crippen LogP) is 2.21. The summed E-state index contributed by atoms with van der Waals surface area (Å²) >= 11 is 0. The molecule has 0 saturated carbocycles. The fourth-order valence-electron chi connectivity index (χ4n) is 3.73. The van der Waals surface area contributed by atoms with Crippen molar-refractivity contribution in [3.8, 4) is 0 Å². The van der Waals surface area contributed by atoms with Gasteiger partial charge in [-0.1, -0.05) is 50.2 Å². The number of carbonyl (C=O) groups is 2. The van der Waals surface area contributed by atoms with Gasteiger partial charge in [-0.3, -0.25) is 9.59 Å². The molecule has 0 aromatic heterocycles. The standard InChI is InChI=1S/C23H29N3O4S/c1-16(2)11-22(27)26-15-19-9-5-4-8-18(19)13-21(26)23(28)25-14-17-7-6-10-20(12-17)31(29,30)24-3/h4-10,12,16,21,24H,11,13-15H2,1-3H3,(H,25,28). The van der Waals surface area contributed by atoms with Crippen molar-refractivity contribution in [2.45, 2.75) is 50.7 Å². The lowest BCUT2D eigenvalue weighted by Crippen LogP contribution is -2.52. The highest BCUT2D eigenvalue weighted by Gasteiger charge is 2.34. The van der Waals surface area contributed by atoms with Gasteiger partial charge in [-0.25, -0.2) is 13.1 Å². The molecule has 1 heterocycles. The van der Waals surface area contributed by atoms with Gasteiger partial charge in [-0.2, -0.15) is 0 Å². The van der Waals surface area contributed by atoms with Crippen molar-refractivity contribution in [2.24, 2.45) is 5.92 Å². The topological polar surface area (TPSA) is 95.6 Å². The van der Waals surface area contributed by atoms with Crippen LogP contribution in [0.1, 0.15) is 37.0 Å². The Morgan fingerprint density at radius 2 is 1.81 bits per heavy atom. The van der Waals surface area contributed by atoms with Crippen LogP contribution in [0.5, 0.6) is 0 Å². The Bertz CT molecular complexity index is 1070. The molecule has 2 amide bonds. The summed E-state index contributed by atoms with van der Waals surface area (Å²) in [6.07, 6.45) is 0.843. The maximum Gasteiger partial charge on any atom is 0.243 e. The van der Waals surface area contributed by atoms with Crippen LogP contribution in [0.15, 0.2) is 53.4 Å². The summed E-state index contributed by atoms with van der Waals surface area (Å²) in [7, 11) is -2.21. The highest BCUT2D eigenvalue weighted by molar-refractivity contribution is 7.89. The maximum absolute atomic E-state index is 13.1. The van der Waals surface area contributed by atoms with E-state index in [1.165, 1.54) is 19.2 Å². The molecule has 0 radical (unpaired) electrons. The van der Waals surface area contributed by atoms with Gasteiger partial charge in [-0.05, 0) is 41.8 Å². The molecule has 0 saturated heterocycles. The summed E-state index contributed by atoms with van der Waals surface area (Å²) < 4.78 is 26.3. The Morgan fingerprint density at radius 3 is 2.48 bits per heavy atom. The summed E-state index contributed by atoms with van der Waals surface area (Å²) in [6, 6.07) is 13.7. The molecule has 0 aliphatic carbocycles. The van der Waals surface area contributed by atoms with Gasteiger partial charge in [0, 0.05) is 25.9 Å². The fourth-order valence-corrected chi connectivity index (χ4v) is 4.53. The van der Waals surface area contributed by atoms with Crippen LogP contribution < -0.4 is 10.0 Å². The second kappa shape index (κ2) is 9.62. The molecule has 8 heteroatoms. The first-order chi connectivity index (χ1) is 14.7. The molecule has 166 valence electrons. The first kappa shape index (κ1) is 23.0. The van der Waals surface area contributed by atoms with Crippen LogP contribution in [0.4, 0.5) is 0 Å². The number of rotatable bonds is 7. The van der Waals surface area contributed by atoms with Crippen molar-refractivity contribution >= 4 is 21.8 Å². The number of fused-ring (bicyclic) bond motifs is 1. The maximum atomic E-state index is 13.1. The van der Waals surface area contributed by atoms with E-state index in [4.69, 9.17) is 0 Å². The van der Waals surface area contributed by atoms with Gasteiger partial charge >= 0.3 is 0 Å². The summed E-state index contributed by atoms with van der Waals surface area (Å²) in [4.78, 5) is 27.8. The smallest absolute Gasteiger partial charge is 0.243 e. The SMILES string of the molecule is CNS(=O)(=O)c1cccc(CNC(=O)C2Cc3ccccc3CN2C(=O)CC(C)C)c1. The van der Waals surface area contributed by atoms with Gasteiger partial charge in [0.15, 0.2) is 0 Å². The first-order valence-electron chi connectivity index (χ1n) is 10.4. The molecule has 1 unspecified atom stereocenters. The van der Waals surface area contributed by atoms with E-state index in [9.17, 15) is 18.0 Å². The fraction of sp³-hybridized carbons (Fsp3) is 0.391.